The monoisotopic (exact) mass is 469 g/mol. The van der Waals surface area contributed by atoms with Gasteiger partial charge in [-0.05, 0) is 57.1 Å². The highest BCUT2D eigenvalue weighted by atomic mass is 16.2. The molecule has 8 heteroatoms. The van der Waals surface area contributed by atoms with Crippen molar-refractivity contribution in [3.05, 3.63) is 30.1 Å². The zero-order chi connectivity index (χ0) is 25.0. The van der Waals surface area contributed by atoms with E-state index in [1.807, 2.05) is 63.8 Å². The first-order valence-corrected chi connectivity index (χ1v) is 12.3. The summed E-state index contributed by atoms with van der Waals surface area (Å²) in [6.45, 7) is 10.6. The van der Waals surface area contributed by atoms with E-state index in [-0.39, 0.29) is 29.7 Å². The molecule has 1 aromatic carbocycles. The number of para-hydroxylation sites is 2. The first-order valence-electron chi connectivity index (χ1n) is 12.3. The Morgan fingerprint density at radius 2 is 1.91 bits per heavy atom. The van der Waals surface area contributed by atoms with Crippen LogP contribution in [0.2, 0.25) is 0 Å². The molecule has 1 aliphatic heterocycles. The van der Waals surface area contributed by atoms with Crippen LogP contribution in [0.4, 0.5) is 0 Å². The van der Waals surface area contributed by atoms with Crippen LogP contribution in [0.3, 0.4) is 0 Å². The number of carbonyl (C=O) groups excluding carboxylic acids is 3. The number of imidazole rings is 1. The SMILES string of the molecule is C[C@@H](NC(=O)[C@@H](CC(=O)N1CCCC[C@@H]1C)C(CC(C)(C)C)C(N)=O)c1nc2ccccc2[nH]1. The van der Waals surface area contributed by atoms with Crippen LogP contribution < -0.4 is 11.1 Å². The van der Waals surface area contributed by atoms with Gasteiger partial charge in [0.2, 0.25) is 17.7 Å². The molecule has 1 aliphatic rings. The van der Waals surface area contributed by atoms with Crippen LogP contribution in [-0.2, 0) is 14.4 Å². The molecule has 3 rings (SSSR count). The summed E-state index contributed by atoms with van der Waals surface area (Å²) >= 11 is 0. The summed E-state index contributed by atoms with van der Waals surface area (Å²) in [7, 11) is 0. The average Bonchev–Trinajstić information content (AvgIpc) is 3.20. The van der Waals surface area contributed by atoms with E-state index in [4.69, 9.17) is 5.73 Å². The van der Waals surface area contributed by atoms with E-state index >= 15 is 0 Å². The zero-order valence-corrected chi connectivity index (χ0v) is 21.1. The number of piperidine rings is 1. The molecule has 186 valence electrons. The average molecular weight is 470 g/mol. The summed E-state index contributed by atoms with van der Waals surface area (Å²) in [6, 6.07) is 7.36. The minimum atomic E-state index is -0.842. The maximum absolute atomic E-state index is 13.5. The van der Waals surface area contributed by atoms with Crippen LogP contribution in [0.25, 0.3) is 11.0 Å². The molecule has 1 fully saturated rings. The predicted molar refractivity (Wildman–Crippen MR) is 133 cm³/mol. The molecular formula is C26H39N5O3. The highest BCUT2D eigenvalue weighted by molar-refractivity contribution is 5.91. The number of likely N-dealkylation sites (tertiary alicyclic amines) is 1. The number of rotatable bonds is 8. The molecule has 4 N–H and O–H groups in total. The van der Waals surface area contributed by atoms with Gasteiger partial charge in [0.25, 0.3) is 0 Å². The van der Waals surface area contributed by atoms with Crippen LogP contribution in [0.5, 0.6) is 0 Å². The fourth-order valence-corrected chi connectivity index (χ4v) is 4.86. The number of amides is 3. The number of carbonyl (C=O) groups is 3. The van der Waals surface area contributed by atoms with E-state index in [9.17, 15) is 14.4 Å². The standard InChI is InChI=1S/C26H39N5O3/c1-16-10-8-9-13-31(16)22(32)14-18(19(23(27)33)15-26(3,4)5)25(34)28-17(2)24-29-20-11-6-7-12-21(20)30-24/h6-7,11-12,16-19H,8-10,13-15H2,1-5H3,(H2,27,33)(H,28,34)(H,29,30)/t16-,17+,18-,19?/m0/s1. The van der Waals surface area contributed by atoms with Gasteiger partial charge in [0, 0.05) is 19.0 Å². The first kappa shape index (κ1) is 25.7. The van der Waals surface area contributed by atoms with Gasteiger partial charge in [-0.3, -0.25) is 14.4 Å². The molecule has 0 bridgehead atoms. The van der Waals surface area contributed by atoms with Crippen molar-refractivity contribution in [2.45, 2.75) is 78.8 Å². The second kappa shape index (κ2) is 10.6. The highest BCUT2D eigenvalue weighted by Crippen LogP contribution is 2.32. The van der Waals surface area contributed by atoms with Crippen LogP contribution in [0.15, 0.2) is 24.3 Å². The van der Waals surface area contributed by atoms with E-state index in [2.05, 4.69) is 15.3 Å². The number of primary amides is 1. The predicted octanol–water partition coefficient (Wildman–Crippen LogP) is 3.69. The molecule has 4 atom stereocenters. The Balaban J connectivity index is 1.83. The van der Waals surface area contributed by atoms with Crippen LogP contribution in [-0.4, -0.2) is 45.2 Å². The van der Waals surface area contributed by atoms with Crippen molar-refractivity contribution in [2.75, 3.05) is 6.54 Å². The smallest absolute Gasteiger partial charge is 0.225 e. The molecule has 34 heavy (non-hydrogen) atoms. The molecule has 1 saturated heterocycles. The van der Waals surface area contributed by atoms with Gasteiger partial charge in [-0.2, -0.15) is 0 Å². The number of fused-ring (bicyclic) bond motifs is 1. The molecule has 8 nitrogen and oxygen atoms in total. The third kappa shape index (κ3) is 6.36. The third-order valence-electron chi connectivity index (χ3n) is 6.71. The van der Waals surface area contributed by atoms with Crippen LogP contribution >= 0.6 is 0 Å². The van der Waals surface area contributed by atoms with E-state index in [1.54, 1.807) is 0 Å². The number of hydrogen-bond donors (Lipinski definition) is 3. The van der Waals surface area contributed by atoms with Crippen molar-refractivity contribution >= 4 is 28.8 Å². The largest absolute Gasteiger partial charge is 0.369 e. The lowest BCUT2D eigenvalue weighted by Crippen LogP contribution is -2.47. The molecule has 1 unspecified atom stereocenters. The second-order valence-electron chi connectivity index (χ2n) is 10.9. The van der Waals surface area contributed by atoms with Gasteiger partial charge in [0.05, 0.1) is 28.9 Å². The second-order valence-corrected chi connectivity index (χ2v) is 10.9. The third-order valence-corrected chi connectivity index (χ3v) is 6.71. The van der Waals surface area contributed by atoms with Crippen molar-refractivity contribution < 1.29 is 14.4 Å². The lowest BCUT2D eigenvalue weighted by Gasteiger charge is -2.36. The normalized spacial score (nSPS) is 19.4. The van der Waals surface area contributed by atoms with E-state index in [1.165, 1.54) is 0 Å². The number of nitrogens with zero attached hydrogens (tertiary/aromatic N) is 2. The molecular weight excluding hydrogens is 430 g/mol. The molecule has 2 aromatic rings. The number of aromatic nitrogens is 2. The quantitative estimate of drug-likeness (QED) is 0.546. The van der Waals surface area contributed by atoms with E-state index in [0.29, 0.717) is 18.8 Å². The summed E-state index contributed by atoms with van der Waals surface area (Å²) in [5, 5.41) is 2.99. The lowest BCUT2D eigenvalue weighted by molar-refractivity contribution is -0.142. The number of nitrogens with two attached hydrogens (primary N) is 1. The molecule has 3 amide bonds. The molecule has 0 saturated carbocycles. The van der Waals surface area contributed by atoms with Gasteiger partial charge in [-0.1, -0.05) is 32.9 Å². The minimum Gasteiger partial charge on any atom is -0.369 e. The number of benzene rings is 1. The molecule has 0 spiro atoms. The van der Waals surface area contributed by atoms with Crippen molar-refractivity contribution in [3.63, 3.8) is 0 Å². The number of nitrogens with one attached hydrogen (secondary N) is 2. The molecule has 0 radical (unpaired) electrons. The van der Waals surface area contributed by atoms with Gasteiger partial charge in [0.1, 0.15) is 5.82 Å². The Labute approximate surface area is 202 Å². The highest BCUT2D eigenvalue weighted by Gasteiger charge is 2.39. The van der Waals surface area contributed by atoms with Crippen molar-refractivity contribution in [1.29, 1.82) is 0 Å². The molecule has 2 heterocycles. The lowest BCUT2D eigenvalue weighted by atomic mass is 9.76. The Morgan fingerprint density at radius 3 is 2.53 bits per heavy atom. The maximum atomic E-state index is 13.5. The molecule has 0 aliphatic carbocycles. The summed E-state index contributed by atoms with van der Waals surface area (Å²) in [5.74, 6) is -1.96. The van der Waals surface area contributed by atoms with E-state index in [0.717, 1.165) is 30.3 Å². The van der Waals surface area contributed by atoms with Gasteiger partial charge >= 0.3 is 0 Å². The Morgan fingerprint density at radius 1 is 1.21 bits per heavy atom. The summed E-state index contributed by atoms with van der Waals surface area (Å²) < 4.78 is 0. The van der Waals surface area contributed by atoms with Crippen LogP contribution in [0, 0.1) is 17.3 Å². The first-order chi connectivity index (χ1) is 16.0. The number of hydrogen-bond acceptors (Lipinski definition) is 4. The fourth-order valence-electron chi connectivity index (χ4n) is 4.86. The van der Waals surface area contributed by atoms with E-state index < -0.39 is 23.8 Å². The van der Waals surface area contributed by atoms with Crippen molar-refractivity contribution in [3.8, 4) is 0 Å². The van der Waals surface area contributed by atoms with Crippen molar-refractivity contribution in [1.82, 2.24) is 20.2 Å². The topological polar surface area (TPSA) is 121 Å². The van der Waals surface area contributed by atoms with Gasteiger partial charge < -0.3 is 20.9 Å². The number of H-pyrrole nitrogens is 1. The Hall–Kier alpha value is -2.90. The summed E-state index contributed by atoms with van der Waals surface area (Å²) in [6.07, 6.45) is 3.39. The zero-order valence-electron chi connectivity index (χ0n) is 21.1. The Kier molecular flexibility index (Phi) is 8.00. The summed E-state index contributed by atoms with van der Waals surface area (Å²) in [5.41, 5.74) is 7.26. The fraction of sp³-hybridized carbons (Fsp3) is 0.615. The van der Waals surface area contributed by atoms with Crippen LogP contribution in [0.1, 0.15) is 78.6 Å². The molecule has 1 aromatic heterocycles. The minimum absolute atomic E-state index is 0.0350. The summed E-state index contributed by atoms with van der Waals surface area (Å²) in [4.78, 5) is 49.0. The number of aromatic amines is 1. The van der Waals surface area contributed by atoms with Gasteiger partial charge in [0.15, 0.2) is 0 Å². The Bertz CT molecular complexity index is 992. The van der Waals surface area contributed by atoms with Gasteiger partial charge in [-0.15, -0.1) is 0 Å². The maximum Gasteiger partial charge on any atom is 0.225 e. The van der Waals surface area contributed by atoms with Crippen molar-refractivity contribution in [2.24, 2.45) is 23.0 Å². The van der Waals surface area contributed by atoms with Gasteiger partial charge in [-0.25, -0.2) is 4.98 Å².